The highest BCUT2D eigenvalue weighted by molar-refractivity contribution is 7.90. The van der Waals surface area contributed by atoms with Gasteiger partial charge in [0.05, 0.1) is 22.3 Å². The van der Waals surface area contributed by atoms with Crippen molar-refractivity contribution in [3.05, 3.63) is 39.9 Å². The third-order valence-corrected chi connectivity index (χ3v) is 7.03. The van der Waals surface area contributed by atoms with E-state index in [0.717, 1.165) is 35.3 Å². The molecule has 8 heteroatoms. The molecule has 2 aliphatic rings. The van der Waals surface area contributed by atoms with Crippen molar-refractivity contribution in [2.24, 2.45) is 0 Å². The summed E-state index contributed by atoms with van der Waals surface area (Å²) in [4.78, 5) is 14.1. The Morgan fingerprint density at radius 2 is 1.90 bits per heavy atom. The third-order valence-electron chi connectivity index (χ3n) is 5.81. The molecule has 0 saturated heterocycles. The molecule has 2 aromatic carbocycles. The maximum atomic E-state index is 12.5. The molecule has 2 aliphatic heterocycles. The standard InChI is InChI=1S/C23H27NO6S/c1-13(2)30-23-17(11-25)9-20(31(5,26)27)15(4)21(23)24-7-6-18-14(3)22-19(28-12-29-22)8-16(18)10-24/h8-9,11,13H,6-7,10,12H2,1-5H3. The predicted octanol–water partition coefficient (Wildman–Crippen LogP) is 3.60. The molecule has 0 aliphatic carbocycles. The number of carbonyl (C=O) groups excluding carboxylic acids is 1. The van der Waals surface area contributed by atoms with E-state index in [4.69, 9.17) is 14.2 Å². The molecule has 166 valence electrons. The van der Waals surface area contributed by atoms with Gasteiger partial charge in [0.15, 0.2) is 33.4 Å². The Balaban J connectivity index is 1.87. The smallest absolute Gasteiger partial charge is 0.231 e. The minimum Gasteiger partial charge on any atom is -0.488 e. The van der Waals surface area contributed by atoms with E-state index >= 15 is 0 Å². The maximum Gasteiger partial charge on any atom is 0.231 e. The molecule has 0 bridgehead atoms. The largest absolute Gasteiger partial charge is 0.488 e. The van der Waals surface area contributed by atoms with Crippen molar-refractivity contribution in [1.82, 2.24) is 0 Å². The Morgan fingerprint density at radius 1 is 1.16 bits per heavy atom. The van der Waals surface area contributed by atoms with Crippen molar-refractivity contribution in [2.75, 3.05) is 24.5 Å². The number of hydrogen-bond donors (Lipinski definition) is 0. The summed E-state index contributed by atoms with van der Waals surface area (Å²) < 4.78 is 42.2. The average Bonchev–Trinajstić information content (AvgIpc) is 3.15. The summed E-state index contributed by atoms with van der Waals surface area (Å²) in [6.07, 6.45) is 2.41. The zero-order valence-electron chi connectivity index (χ0n) is 18.4. The predicted molar refractivity (Wildman–Crippen MR) is 117 cm³/mol. The van der Waals surface area contributed by atoms with Gasteiger partial charge in [0.2, 0.25) is 6.79 Å². The van der Waals surface area contributed by atoms with Gasteiger partial charge in [0.1, 0.15) is 0 Å². The first-order valence-corrected chi connectivity index (χ1v) is 12.2. The molecule has 0 N–H and O–H groups in total. The summed E-state index contributed by atoms with van der Waals surface area (Å²) in [5, 5.41) is 0. The first-order valence-electron chi connectivity index (χ1n) is 10.3. The van der Waals surface area contributed by atoms with Gasteiger partial charge in [-0.3, -0.25) is 4.79 Å². The normalized spacial score (nSPS) is 15.2. The Bertz CT molecular complexity index is 1170. The van der Waals surface area contributed by atoms with Crippen LogP contribution in [0.5, 0.6) is 17.2 Å². The van der Waals surface area contributed by atoms with E-state index in [2.05, 4.69) is 4.90 Å². The van der Waals surface area contributed by atoms with Crippen LogP contribution in [0, 0.1) is 13.8 Å². The second-order valence-electron chi connectivity index (χ2n) is 8.37. The van der Waals surface area contributed by atoms with Gasteiger partial charge in [0, 0.05) is 19.3 Å². The number of fused-ring (bicyclic) bond motifs is 2. The number of aldehydes is 1. The van der Waals surface area contributed by atoms with Crippen molar-refractivity contribution < 1.29 is 27.4 Å². The zero-order chi connectivity index (χ0) is 22.5. The number of anilines is 1. The van der Waals surface area contributed by atoms with Gasteiger partial charge >= 0.3 is 0 Å². The topological polar surface area (TPSA) is 82.1 Å². The first kappa shape index (κ1) is 21.5. The lowest BCUT2D eigenvalue weighted by Gasteiger charge is -2.35. The molecule has 2 heterocycles. The van der Waals surface area contributed by atoms with Crippen LogP contribution < -0.4 is 19.1 Å². The first-order chi connectivity index (χ1) is 14.6. The molecule has 0 aromatic heterocycles. The van der Waals surface area contributed by atoms with Gasteiger partial charge in [0.25, 0.3) is 0 Å². The summed E-state index contributed by atoms with van der Waals surface area (Å²) >= 11 is 0. The van der Waals surface area contributed by atoms with Crippen molar-refractivity contribution in [3.63, 3.8) is 0 Å². The van der Waals surface area contributed by atoms with Gasteiger partial charge in [-0.1, -0.05) is 0 Å². The Hall–Kier alpha value is -2.74. The summed E-state index contributed by atoms with van der Waals surface area (Å²) in [5.41, 5.74) is 4.88. The number of benzene rings is 2. The highest BCUT2D eigenvalue weighted by atomic mass is 32.2. The number of ether oxygens (including phenoxy) is 3. The van der Waals surface area contributed by atoms with Gasteiger partial charge in [-0.15, -0.1) is 0 Å². The summed E-state index contributed by atoms with van der Waals surface area (Å²) in [5.74, 6) is 1.96. The number of hydrogen-bond acceptors (Lipinski definition) is 7. The molecule has 0 amide bonds. The van der Waals surface area contributed by atoms with E-state index in [-0.39, 0.29) is 23.4 Å². The van der Waals surface area contributed by atoms with Gasteiger partial charge < -0.3 is 19.1 Å². The van der Waals surface area contributed by atoms with Crippen LogP contribution in [0.3, 0.4) is 0 Å². The molecule has 7 nitrogen and oxygen atoms in total. The zero-order valence-corrected chi connectivity index (χ0v) is 19.3. The second kappa shape index (κ2) is 7.75. The molecule has 0 radical (unpaired) electrons. The van der Waals surface area contributed by atoms with Crippen molar-refractivity contribution >= 4 is 21.8 Å². The fourth-order valence-corrected chi connectivity index (χ4v) is 5.47. The van der Waals surface area contributed by atoms with Crippen molar-refractivity contribution in [2.45, 2.75) is 51.7 Å². The molecule has 0 saturated carbocycles. The van der Waals surface area contributed by atoms with Crippen LogP contribution in [-0.2, 0) is 22.8 Å². The number of rotatable bonds is 5. The van der Waals surface area contributed by atoms with Crippen LogP contribution >= 0.6 is 0 Å². The molecule has 0 atom stereocenters. The fourth-order valence-electron chi connectivity index (χ4n) is 4.48. The minimum absolute atomic E-state index is 0.147. The van der Waals surface area contributed by atoms with Crippen LogP contribution in [-0.4, -0.2) is 40.4 Å². The SMILES string of the molecule is Cc1c2c(cc3c1OCO3)CN(c1c(C)c(S(C)(=O)=O)cc(C=O)c1OC(C)C)CC2. The lowest BCUT2D eigenvalue weighted by molar-refractivity contribution is 0.111. The van der Waals surface area contributed by atoms with E-state index < -0.39 is 9.84 Å². The molecular weight excluding hydrogens is 418 g/mol. The van der Waals surface area contributed by atoms with Gasteiger partial charge in [-0.2, -0.15) is 0 Å². The van der Waals surface area contributed by atoms with E-state index in [0.29, 0.717) is 36.4 Å². The van der Waals surface area contributed by atoms with E-state index in [1.54, 1.807) is 6.92 Å². The number of nitrogens with zero attached hydrogens (tertiary/aromatic N) is 1. The van der Waals surface area contributed by atoms with Gasteiger partial charge in [-0.25, -0.2) is 8.42 Å². The van der Waals surface area contributed by atoms with Crippen molar-refractivity contribution in [1.29, 1.82) is 0 Å². The van der Waals surface area contributed by atoms with Crippen LogP contribution in [0.1, 0.15) is 46.5 Å². The van der Waals surface area contributed by atoms with Crippen molar-refractivity contribution in [3.8, 4) is 17.2 Å². The number of sulfone groups is 1. The Labute approximate surface area is 182 Å². The van der Waals surface area contributed by atoms with Crippen LogP contribution in [0.2, 0.25) is 0 Å². The molecule has 2 aromatic rings. The summed E-state index contributed by atoms with van der Waals surface area (Å²) in [7, 11) is -3.53. The summed E-state index contributed by atoms with van der Waals surface area (Å²) in [6, 6.07) is 3.41. The Morgan fingerprint density at radius 3 is 2.55 bits per heavy atom. The quantitative estimate of drug-likeness (QED) is 0.651. The van der Waals surface area contributed by atoms with E-state index in [1.807, 2.05) is 26.8 Å². The molecule has 0 fully saturated rings. The average molecular weight is 446 g/mol. The summed E-state index contributed by atoms with van der Waals surface area (Å²) in [6.45, 7) is 9.00. The van der Waals surface area contributed by atoms with Crippen LogP contribution in [0.4, 0.5) is 5.69 Å². The van der Waals surface area contributed by atoms with E-state index in [1.165, 1.54) is 11.6 Å². The molecule has 0 spiro atoms. The lowest BCUT2D eigenvalue weighted by Crippen LogP contribution is -2.32. The van der Waals surface area contributed by atoms with Crippen LogP contribution in [0.25, 0.3) is 0 Å². The highest BCUT2D eigenvalue weighted by Gasteiger charge is 2.30. The van der Waals surface area contributed by atoms with E-state index in [9.17, 15) is 13.2 Å². The fraction of sp³-hybridized carbons (Fsp3) is 0.435. The van der Waals surface area contributed by atoms with Crippen LogP contribution in [0.15, 0.2) is 17.0 Å². The highest BCUT2D eigenvalue weighted by Crippen LogP contribution is 2.44. The van der Waals surface area contributed by atoms with Gasteiger partial charge in [-0.05, 0) is 68.5 Å². The molecule has 4 rings (SSSR count). The third kappa shape index (κ3) is 3.73. The molecule has 31 heavy (non-hydrogen) atoms. The monoisotopic (exact) mass is 445 g/mol. The maximum absolute atomic E-state index is 12.5. The minimum atomic E-state index is -3.53. The second-order valence-corrected chi connectivity index (χ2v) is 10.4. The molecule has 0 unspecified atom stereocenters. The molecular formula is C23H27NO6S. The Kier molecular flexibility index (Phi) is 5.37. The lowest BCUT2D eigenvalue weighted by atomic mass is 9.93. The number of carbonyl (C=O) groups is 1.